The molecule has 1 N–H and O–H groups in total. The van der Waals surface area contributed by atoms with Gasteiger partial charge in [-0.2, -0.15) is 13.2 Å². The predicted octanol–water partition coefficient (Wildman–Crippen LogP) is 2.47. The van der Waals surface area contributed by atoms with Crippen molar-refractivity contribution in [3.63, 3.8) is 0 Å². The van der Waals surface area contributed by atoms with E-state index in [4.69, 9.17) is 16.4 Å². The second-order valence-electron chi connectivity index (χ2n) is 3.48. The molecule has 17 heavy (non-hydrogen) atoms. The van der Waals surface area contributed by atoms with Gasteiger partial charge in [0.2, 0.25) is 5.90 Å². The molecule has 0 fully saturated rings. The molecule has 0 aromatic heterocycles. The summed E-state index contributed by atoms with van der Waals surface area (Å²) < 4.78 is 38.3. The normalized spacial score (nSPS) is 24.4. The Morgan fingerprint density at radius 1 is 1.29 bits per heavy atom. The lowest BCUT2D eigenvalue weighted by Crippen LogP contribution is -2.53. The first-order valence-corrected chi connectivity index (χ1v) is 5.24. The first kappa shape index (κ1) is 12.2. The van der Waals surface area contributed by atoms with Crippen LogP contribution in [0, 0.1) is 0 Å². The van der Waals surface area contributed by atoms with E-state index in [0.29, 0.717) is 5.56 Å². The van der Waals surface area contributed by atoms with Crippen LogP contribution < -0.4 is 5.48 Å². The molecule has 0 saturated heterocycles. The Balaban J connectivity index is 2.36. The molecule has 1 heterocycles. The van der Waals surface area contributed by atoms with E-state index < -0.39 is 17.7 Å². The van der Waals surface area contributed by atoms with Crippen molar-refractivity contribution in [2.45, 2.75) is 11.8 Å². The summed E-state index contributed by atoms with van der Waals surface area (Å²) >= 11 is 5.33. The smallest absolute Gasteiger partial charge is 0.385 e. The number of hydrogen-bond donors (Lipinski definition) is 1. The van der Waals surface area contributed by atoms with Crippen LogP contribution in [0.25, 0.3) is 0 Å². The third-order valence-electron chi connectivity index (χ3n) is 2.29. The van der Waals surface area contributed by atoms with Crippen molar-refractivity contribution in [1.82, 2.24) is 5.48 Å². The molecule has 1 aliphatic rings. The van der Waals surface area contributed by atoms with Crippen molar-refractivity contribution >= 4 is 17.5 Å². The lowest BCUT2D eigenvalue weighted by atomic mass is 10.2. The maximum absolute atomic E-state index is 12.8. The molecule has 1 atom stereocenters. The van der Waals surface area contributed by atoms with E-state index in [9.17, 15) is 13.2 Å². The van der Waals surface area contributed by atoms with E-state index in [2.05, 4.69) is 4.99 Å². The van der Waals surface area contributed by atoms with E-state index in [1.54, 1.807) is 30.3 Å². The maximum Gasteiger partial charge on any atom is 0.431 e. The molecule has 92 valence electrons. The molecule has 0 aliphatic carbocycles. The summed E-state index contributed by atoms with van der Waals surface area (Å²) in [5.74, 6) is -0.879. The fraction of sp³-hybridized carbons (Fsp3) is 0.300. The molecule has 0 spiro atoms. The Morgan fingerprint density at radius 3 is 2.41 bits per heavy atom. The number of alkyl halides is 4. The second kappa shape index (κ2) is 4.19. The molecule has 0 bridgehead atoms. The van der Waals surface area contributed by atoms with Gasteiger partial charge < -0.3 is 4.84 Å². The van der Waals surface area contributed by atoms with Crippen LogP contribution in [0.15, 0.2) is 35.3 Å². The predicted molar refractivity (Wildman–Crippen MR) is 56.7 cm³/mol. The van der Waals surface area contributed by atoms with Crippen LogP contribution >= 0.6 is 11.6 Å². The zero-order valence-electron chi connectivity index (χ0n) is 8.46. The molecule has 0 saturated carbocycles. The highest BCUT2D eigenvalue weighted by atomic mass is 35.5. The van der Waals surface area contributed by atoms with E-state index in [1.807, 2.05) is 5.48 Å². The zero-order chi connectivity index (χ0) is 12.5. The van der Waals surface area contributed by atoms with Gasteiger partial charge in [0.15, 0.2) is 0 Å². The fourth-order valence-corrected chi connectivity index (χ4v) is 1.58. The first-order valence-electron chi connectivity index (χ1n) is 4.70. The van der Waals surface area contributed by atoms with Crippen LogP contribution in [0.3, 0.4) is 0 Å². The summed E-state index contributed by atoms with van der Waals surface area (Å²) in [6.45, 7) is 0. The Labute approximate surface area is 100 Å². The lowest BCUT2D eigenvalue weighted by Gasteiger charge is -2.24. The molecule has 7 heteroatoms. The zero-order valence-corrected chi connectivity index (χ0v) is 9.22. The van der Waals surface area contributed by atoms with Crippen LogP contribution in [0.2, 0.25) is 0 Å². The molecule has 1 aromatic rings. The van der Waals surface area contributed by atoms with Gasteiger partial charge in [-0.3, -0.25) is 0 Å². The van der Waals surface area contributed by atoms with E-state index in [0.717, 1.165) is 0 Å². The highest BCUT2D eigenvalue weighted by molar-refractivity contribution is 6.19. The largest absolute Gasteiger partial charge is 0.431 e. The number of hydroxylamine groups is 1. The van der Waals surface area contributed by atoms with Gasteiger partial charge in [0, 0.05) is 5.56 Å². The third-order valence-corrected chi connectivity index (χ3v) is 2.68. The second-order valence-corrected chi connectivity index (χ2v) is 3.75. The van der Waals surface area contributed by atoms with Gasteiger partial charge in [-0.1, -0.05) is 18.2 Å². The quantitative estimate of drug-likeness (QED) is 0.833. The minimum absolute atomic E-state index is 0.122. The van der Waals surface area contributed by atoms with Gasteiger partial charge in [-0.15, -0.1) is 17.1 Å². The van der Waals surface area contributed by atoms with Gasteiger partial charge >= 0.3 is 6.18 Å². The van der Waals surface area contributed by atoms with E-state index in [1.165, 1.54) is 0 Å². The summed E-state index contributed by atoms with van der Waals surface area (Å²) in [6.07, 6.45) is -4.62. The van der Waals surface area contributed by atoms with E-state index in [-0.39, 0.29) is 5.90 Å². The molecule has 0 unspecified atom stereocenters. The highest BCUT2D eigenvalue weighted by Gasteiger charge is 2.58. The van der Waals surface area contributed by atoms with Gasteiger partial charge in [-0.05, 0) is 12.1 Å². The number of halogens is 4. The molecule has 3 nitrogen and oxygen atoms in total. The van der Waals surface area contributed by atoms with Crippen LogP contribution in [-0.4, -0.2) is 23.6 Å². The Hall–Kier alpha value is -1.27. The minimum Gasteiger partial charge on any atom is -0.385 e. The third kappa shape index (κ3) is 2.10. The topological polar surface area (TPSA) is 33.6 Å². The fourth-order valence-electron chi connectivity index (χ4n) is 1.31. The minimum atomic E-state index is -4.62. The molecule has 0 amide bonds. The first-order chi connectivity index (χ1) is 7.98. The summed E-state index contributed by atoms with van der Waals surface area (Å²) in [4.78, 5) is 8.27. The standard InChI is InChI=1S/C10H8ClF3N2O/c11-6-9(10(12,13)14)15-8(17-16-9)7-4-2-1-3-5-7/h1-5,16H,6H2/t9-/m0/s1. The Morgan fingerprint density at radius 2 is 1.94 bits per heavy atom. The van der Waals surface area contributed by atoms with Crippen molar-refractivity contribution < 1.29 is 18.0 Å². The Bertz CT molecular complexity index is 435. The van der Waals surface area contributed by atoms with Gasteiger partial charge in [0.1, 0.15) is 0 Å². The molecule has 0 radical (unpaired) electrons. The number of nitrogens with zero attached hydrogens (tertiary/aromatic N) is 1. The number of nitrogens with one attached hydrogen (secondary N) is 1. The monoisotopic (exact) mass is 264 g/mol. The molecule has 1 aliphatic heterocycles. The maximum atomic E-state index is 12.8. The Kier molecular flexibility index (Phi) is 3.01. The van der Waals surface area contributed by atoms with Gasteiger partial charge in [0.25, 0.3) is 5.66 Å². The van der Waals surface area contributed by atoms with Crippen molar-refractivity contribution in [3.8, 4) is 0 Å². The van der Waals surface area contributed by atoms with E-state index >= 15 is 0 Å². The summed E-state index contributed by atoms with van der Waals surface area (Å²) in [6, 6.07) is 8.29. The van der Waals surface area contributed by atoms with Crippen LogP contribution in [0.4, 0.5) is 13.2 Å². The number of rotatable bonds is 2. The van der Waals surface area contributed by atoms with Crippen LogP contribution in [0.5, 0.6) is 0 Å². The van der Waals surface area contributed by atoms with Gasteiger partial charge in [-0.25, -0.2) is 4.99 Å². The van der Waals surface area contributed by atoms with Crippen molar-refractivity contribution in [2.24, 2.45) is 4.99 Å². The van der Waals surface area contributed by atoms with Crippen molar-refractivity contribution in [2.75, 3.05) is 5.88 Å². The summed E-state index contributed by atoms with van der Waals surface area (Å²) in [7, 11) is 0. The molecule has 2 rings (SSSR count). The SMILES string of the molecule is FC(F)(F)[C@@]1(CCl)N=C(c2ccccc2)ON1. The van der Waals surface area contributed by atoms with Crippen LogP contribution in [0.1, 0.15) is 5.56 Å². The average molecular weight is 265 g/mol. The number of hydrogen-bond acceptors (Lipinski definition) is 3. The average Bonchev–Trinajstić information content (AvgIpc) is 2.75. The summed E-state index contributed by atoms with van der Waals surface area (Å²) in [5.41, 5.74) is -0.267. The number of benzene rings is 1. The summed E-state index contributed by atoms with van der Waals surface area (Å²) in [5, 5.41) is 0. The molecular weight excluding hydrogens is 257 g/mol. The van der Waals surface area contributed by atoms with Crippen molar-refractivity contribution in [1.29, 1.82) is 0 Å². The van der Waals surface area contributed by atoms with Gasteiger partial charge in [0.05, 0.1) is 5.88 Å². The van der Waals surface area contributed by atoms with Crippen molar-refractivity contribution in [3.05, 3.63) is 35.9 Å². The molecular formula is C10H8ClF3N2O. The van der Waals surface area contributed by atoms with Crippen LogP contribution in [-0.2, 0) is 4.84 Å². The molecule has 1 aromatic carbocycles. The lowest BCUT2D eigenvalue weighted by molar-refractivity contribution is -0.200. The number of aliphatic imine (C=N–C) groups is 1. The highest BCUT2D eigenvalue weighted by Crippen LogP contribution is 2.35.